The number of amides is 1. The molecule has 132 valence electrons. The summed E-state index contributed by atoms with van der Waals surface area (Å²) >= 11 is 1.66. The molecule has 0 bridgehead atoms. The van der Waals surface area contributed by atoms with Gasteiger partial charge in [-0.05, 0) is 35.0 Å². The molecule has 0 unspecified atom stereocenters. The summed E-state index contributed by atoms with van der Waals surface area (Å²) in [7, 11) is 0. The van der Waals surface area contributed by atoms with Crippen molar-refractivity contribution in [2.24, 2.45) is 0 Å². The van der Waals surface area contributed by atoms with Gasteiger partial charge in [0.1, 0.15) is 0 Å². The van der Waals surface area contributed by atoms with Gasteiger partial charge in [0.05, 0.1) is 5.56 Å². The zero-order valence-corrected chi connectivity index (χ0v) is 15.0. The van der Waals surface area contributed by atoms with Gasteiger partial charge in [-0.15, -0.1) is 11.8 Å². The van der Waals surface area contributed by atoms with E-state index in [0.717, 1.165) is 21.4 Å². The predicted octanol–water partition coefficient (Wildman–Crippen LogP) is 3.91. The van der Waals surface area contributed by atoms with Crippen molar-refractivity contribution in [3.05, 3.63) is 78.4 Å². The minimum absolute atomic E-state index is 0.276. The largest absolute Gasteiger partial charge is 0.452 e. The van der Waals surface area contributed by atoms with E-state index in [4.69, 9.17) is 4.74 Å². The van der Waals surface area contributed by atoms with E-state index in [2.05, 4.69) is 5.32 Å². The fourth-order valence-corrected chi connectivity index (χ4v) is 3.25. The Hall–Kier alpha value is -2.79. The fraction of sp³-hybridized carbons (Fsp3) is 0.143. The van der Waals surface area contributed by atoms with E-state index < -0.39 is 5.97 Å². The lowest BCUT2D eigenvalue weighted by Gasteiger charge is -2.07. The Morgan fingerprint density at radius 1 is 0.885 bits per heavy atom. The lowest BCUT2D eigenvalue weighted by Crippen LogP contribution is -2.30. The van der Waals surface area contributed by atoms with Gasteiger partial charge in [0.25, 0.3) is 5.91 Å². The van der Waals surface area contributed by atoms with Gasteiger partial charge in [0.2, 0.25) is 0 Å². The van der Waals surface area contributed by atoms with Gasteiger partial charge < -0.3 is 10.1 Å². The zero-order valence-electron chi connectivity index (χ0n) is 14.2. The van der Waals surface area contributed by atoms with E-state index in [9.17, 15) is 9.59 Å². The van der Waals surface area contributed by atoms with Crippen molar-refractivity contribution < 1.29 is 14.3 Å². The van der Waals surface area contributed by atoms with Crippen LogP contribution in [0.2, 0.25) is 0 Å². The van der Waals surface area contributed by atoms with Gasteiger partial charge in [-0.3, -0.25) is 4.79 Å². The molecule has 3 aromatic rings. The second-order valence-corrected chi connectivity index (χ2v) is 6.82. The summed E-state index contributed by atoms with van der Waals surface area (Å²) in [5.41, 5.74) is 0.441. The van der Waals surface area contributed by atoms with Gasteiger partial charge in [-0.1, -0.05) is 48.5 Å². The standard InChI is InChI=1S/C21H19NO3S/c23-20(22-12-13-26-19-8-2-1-3-9-19)15-25-21(24)18-11-10-16-6-4-5-7-17(16)14-18/h1-11,14H,12-13,15H2,(H,22,23). The second kappa shape index (κ2) is 9.06. The molecule has 0 heterocycles. The molecule has 0 saturated carbocycles. The third-order valence-electron chi connectivity index (χ3n) is 3.76. The first-order valence-electron chi connectivity index (χ1n) is 8.33. The van der Waals surface area contributed by atoms with E-state index in [1.807, 2.05) is 60.7 Å². The number of hydrogen-bond donors (Lipinski definition) is 1. The monoisotopic (exact) mass is 365 g/mol. The van der Waals surface area contributed by atoms with Crippen LogP contribution in [0.15, 0.2) is 77.7 Å². The molecule has 0 atom stereocenters. The molecule has 0 radical (unpaired) electrons. The lowest BCUT2D eigenvalue weighted by molar-refractivity contribution is -0.124. The number of carbonyl (C=O) groups excluding carboxylic acids is 2. The van der Waals surface area contributed by atoms with Crippen LogP contribution in [-0.4, -0.2) is 30.8 Å². The highest BCUT2D eigenvalue weighted by Gasteiger charge is 2.10. The Bertz CT molecular complexity index is 896. The number of thioether (sulfide) groups is 1. The van der Waals surface area contributed by atoms with Crippen LogP contribution in [0, 0.1) is 0 Å². The maximum Gasteiger partial charge on any atom is 0.338 e. The quantitative estimate of drug-likeness (QED) is 0.392. The highest BCUT2D eigenvalue weighted by Crippen LogP contribution is 2.17. The number of ether oxygens (including phenoxy) is 1. The Kier molecular flexibility index (Phi) is 6.28. The van der Waals surface area contributed by atoms with Crippen molar-refractivity contribution in [3.63, 3.8) is 0 Å². The topological polar surface area (TPSA) is 55.4 Å². The van der Waals surface area contributed by atoms with Crippen LogP contribution < -0.4 is 5.32 Å². The molecule has 0 aliphatic carbocycles. The van der Waals surface area contributed by atoms with Crippen LogP contribution in [0.5, 0.6) is 0 Å². The first-order chi connectivity index (χ1) is 12.7. The normalized spacial score (nSPS) is 10.5. The van der Waals surface area contributed by atoms with Crippen molar-refractivity contribution in [3.8, 4) is 0 Å². The average Bonchev–Trinajstić information content (AvgIpc) is 2.70. The molecule has 0 saturated heterocycles. The Morgan fingerprint density at radius 2 is 1.62 bits per heavy atom. The Morgan fingerprint density at radius 3 is 2.42 bits per heavy atom. The number of benzene rings is 3. The molecule has 0 aliphatic heterocycles. The van der Waals surface area contributed by atoms with Gasteiger partial charge in [0, 0.05) is 17.2 Å². The van der Waals surface area contributed by atoms with E-state index in [-0.39, 0.29) is 12.5 Å². The molecular formula is C21H19NO3S. The van der Waals surface area contributed by atoms with Gasteiger partial charge in [0.15, 0.2) is 6.61 Å². The first-order valence-corrected chi connectivity index (χ1v) is 9.31. The summed E-state index contributed by atoms with van der Waals surface area (Å²) in [4.78, 5) is 25.1. The number of esters is 1. The summed E-state index contributed by atoms with van der Waals surface area (Å²) in [6.07, 6.45) is 0. The molecule has 0 fully saturated rings. The summed E-state index contributed by atoms with van der Waals surface area (Å²) in [6.45, 7) is 0.244. The molecule has 3 rings (SSSR count). The number of fused-ring (bicyclic) bond motifs is 1. The molecule has 3 aromatic carbocycles. The maximum absolute atomic E-state index is 12.1. The van der Waals surface area contributed by atoms with Crippen LogP contribution in [0.25, 0.3) is 10.8 Å². The minimum atomic E-state index is -0.496. The molecule has 4 nitrogen and oxygen atoms in total. The molecule has 0 spiro atoms. The van der Waals surface area contributed by atoms with E-state index in [1.165, 1.54) is 0 Å². The van der Waals surface area contributed by atoms with Crippen molar-refractivity contribution in [1.82, 2.24) is 5.32 Å². The van der Waals surface area contributed by atoms with Crippen LogP contribution in [0.3, 0.4) is 0 Å². The number of hydrogen-bond acceptors (Lipinski definition) is 4. The van der Waals surface area contributed by atoms with Crippen molar-refractivity contribution in [2.45, 2.75) is 4.90 Å². The highest BCUT2D eigenvalue weighted by atomic mass is 32.2. The smallest absolute Gasteiger partial charge is 0.338 e. The molecule has 1 amide bonds. The van der Waals surface area contributed by atoms with Crippen molar-refractivity contribution >= 4 is 34.4 Å². The summed E-state index contributed by atoms with van der Waals surface area (Å²) in [6, 6.07) is 23.1. The third kappa shape index (κ3) is 5.10. The molecule has 1 N–H and O–H groups in total. The summed E-state index contributed by atoms with van der Waals surface area (Å²) in [5, 5.41) is 4.77. The fourth-order valence-electron chi connectivity index (χ4n) is 2.46. The average molecular weight is 365 g/mol. The van der Waals surface area contributed by atoms with Crippen LogP contribution in [0.1, 0.15) is 10.4 Å². The first kappa shape index (κ1) is 18.0. The number of nitrogens with one attached hydrogen (secondary N) is 1. The minimum Gasteiger partial charge on any atom is -0.452 e. The van der Waals surface area contributed by atoms with Gasteiger partial charge in [-0.2, -0.15) is 0 Å². The number of carbonyl (C=O) groups is 2. The zero-order chi connectivity index (χ0) is 18.2. The predicted molar refractivity (Wildman–Crippen MR) is 104 cm³/mol. The maximum atomic E-state index is 12.1. The second-order valence-electron chi connectivity index (χ2n) is 5.65. The molecule has 0 aliphatic rings. The van der Waals surface area contributed by atoms with E-state index in [0.29, 0.717) is 12.1 Å². The number of rotatable bonds is 7. The Balaban J connectivity index is 1.41. The van der Waals surface area contributed by atoms with Crippen LogP contribution >= 0.6 is 11.8 Å². The van der Waals surface area contributed by atoms with Gasteiger partial charge >= 0.3 is 5.97 Å². The summed E-state index contributed by atoms with van der Waals surface area (Å²) in [5.74, 6) is -0.0358. The van der Waals surface area contributed by atoms with Crippen molar-refractivity contribution in [2.75, 3.05) is 18.9 Å². The van der Waals surface area contributed by atoms with Crippen molar-refractivity contribution in [1.29, 1.82) is 0 Å². The highest BCUT2D eigenvalue weighted by molar-refractivity contribution is 7.99. The van der Waals surface area contributed by atoms with Crippen LogP contribution in [-0.2, 0) is 9.53 Å². The lowest BCUT2D eigenvalue weighted by atomic mass is 10.1. The molecular weight excluding hydrogens is 346 g/mol. The molecule has 0 aromatic heterocycles. The third-order valence-corrected chi connectivity index (χ3v) is 4.77. The SMILES string of the molecule is O=C(COC(=O)c1ccc2ccccc2c1)NCCSc1ccccc1. The molecule has 26 heavy (non-hydrogen) atoms. The van der Waals surface area contributed by atoms with E-state index in [1.54, 1.807) is 23.9 Å². The Labute approximate surface area is 156 Å². The van der Waals surface area contributed by atoms with E-state index >= 15 is 0 Å². The van der Waals surface area contributed by atoms with Gasteiger partial charge in [-0.25, -0.2) is 4.79 Å². The molecule has 5 heteroatoms. The van der Waals surface area contributed by atoms with Crippen LogP contribution in [0.4, 0.5) is 0 Å². The summed E-state index contributed by atoms with van der Waals surface area (Å²) < 4.78 is 5.10.